The molecule has 0 atom stereocenters. The maximum absolute atomic E-state index is 11.8. The Hall–Kier alpha value is -2.71. The molecule has 1 aliphatic heterocycles. The minimum absolute atomic E-state index is 0.300. The summed E-state index contributed by atoms with van der Waals surface area (Å²) in [6, 6.07) is 13.1. The molecule has 0 aliphatic carbocycles. The van der Waals surface area contributed by atoms with Crippen molar-refractivity contribution >= 4 is 11.8 Å². The summed E-state index contributed by atoms with van der Waals surface area (Å²) in [6.07, 6.45) is -4.21. The topological polar surface area (TPSA) is 98.2 Å². The predicted molar refractivity (Wildman–Crippen MR) is 78.1 cm³/mol. The molecule has 0 saturated carbocycles. The third-order valence-corrected chi connectivity index (χ3v) is 2.74. The zero-order valence-corrected chi connectivity index (χ0v) is 11.8. The van der Waals surface area contributed by atoms with E-state index in [2.05, 4.69) is 17.0 Å². The van der Waals surface area contributed by atoms with E-state index in [0.717, 1.165) is 12.1 Å². The average Bonchev–Trinajstić information content (AvgIpc) is 2.85. The minimum Gasteiger partial charge on any atom is -0.288 e. The van der Waals surface area contributed by atoms with Gasteiger partial charge < -0.3 is 0 Å². The lowest BCUT2D eigenvalue weighted by Gasteiger charge is -2.03. The molecule has 0 bridgehead atoms. The molecule has 0 unspecified atom stereocenters. The number of alkyl halides is 3. The standard InChI is InChI=1S/C8H5NO2.C7H5F3.H4N2/c10-7-5-3-1-2-4-6(5)8(11)9-7;8-7(9,10)6-4-2-1-3-5-6;1-2/h1-4H,(H,9,10,11);1-5H;1-2H2. The van der Waals surface area contributed by atoms with Crippen LogP contribution in [0.5, 0.6) is 0 Å². The number of benzene rings is 2. The second-order valence-corrected chi connectivity index (χ2v) is 4.19. The van der Waals surface area contributed by atoms with Crippen molar-refractivity contribution < 1.29 is 22.8 Å². The molecule has 8 heteroatoms. The van der Waals surface area contributed by atoms with Crippen LogP contribution in [0.2, 0.25) is 0 Å². The molecule has 0 saturated heterocycles. The molecule has 122 valence electrons. The van der Waals surface area contributed by atoms with E-state index in [0.29, 0.717) is 11.1 Å². The molecule has 3 rings (SSSR count). The molecule has 5 nitrogen and oxygen atoms in total. The first-order valence-electron chi connectivity index (χ1n) is 6.30. The fraction of sp³-hybridized carbons (Fsp3) is 0.0667. The summed E-state index contributed by atoms with van der Waals surface area (Å²) < 4.78 is 35.4. The molecular formula is C15H14F3N3O2. The fourth-order valence-corrected chi connectivity index (χ4v) is 1.74. The van der Waals surface area contributed by atoms with Crippen LogP contribution in [0.3, 0.4) is 0 Å². The van der Waals surface area contributed by atoms with Gasteiger partial charge in [0, 0.05) is 0 Å². The zero-order valence-electron chi connectivity index (χ0n) is 11.8. The Labute approximate surface area is 130 Å². The van der Waals surface area contributed by atoms with Crippen molar-refractivity contribution in [1.82, 2.24) is 5.32 Å². The van der Waals surface area contributed by atoms with Gasteiger partial charge in [-0.3, -0.25) is 26.6 Å². The highest BCUT2D eigenvalue weighted by molar-refractivity contribution is 6.21. The summed E-state index contributed by atoms with van der Waals surface area (Å²) in [4.78, 5) is 21.9. The summed E-state index contributed by atoms with van der Waals surface area (Å²) in [5, 5.41) is 2.20. The number of nitrogens with two attached hydrogens (primary N) is 2. The van der Waals surface area contributed by atoms with Gasteiger partial charge in [-0.05, 0) is 12.1 Å². The quantitative estimate of drug-likeness (QED) is 0.392. The minimum atomic E-state index is -4.21. The number of nitrogens with one attached hydrogen (secondary N) is 1. The lowest BCUT2D eigenvalue weighted by Crippen LogP contribution is -2.19. The number of rotatable bonds is 0. The molecule has 1 aliphatic rings. The molecular weight excluding hydrogens is 311 g/mol. The Kier molecular flexibility index (Phi) is 6.43. The maximum atomic E-state index is 11.8. The Morgan fingerprint density at radius 3 is 1.48 bits per heavy atom. The highest BCUT2D eigenvalue weighted by atomic mass is 19.4. The van der Waals surface area contributed by atoms with Crippen molar-refractivity contribution in [2.45, 2.75) is 6.18 Å². The smallest absolute Gasteiger partial charge is 0.288 e. The van der Waals surface area contributed by atoms with Gasteiger partial charge in [0.15, 0.2) is 0 Å². The number of hydrogen-bond acceptors (Lipinski definition) is 4. The van der Waals surface area contributed by atoms with Gasteiger partial charge in [-0.25, -0.2) is 0 Å². The lowest BCUT2D eigenvalue weighted by atomic mass is 10.1. The highest BCUT2D eigenvalue weighted by Crippen LogP contribution is 2.28. The summed E-state index contributed by atoms with van der Waals surface area (Å²) in [5.41, 5.74) is 0.338. The van der Waals surface area contributed by atoms with Crippen molar-refractivity contribution in [2.24, 2.45) is 11.7 Å². The third kappa shape index (κ3) is 4.90. The number of fused-ring (bicyclic) bond motifs is 1. The Bertz CT molecular complexity index is 640. The van der Waals surface area contributed by atoms with Crippen molar-refractivity contribution in [2.75, 3.05) is 0 Å². The number of amides is 2. The van der Waals surface area contributed by atoms with Crippen molar-refractivity contribution in [3.63, 3.8) is 0 Å². The van der Waals surface area contributed by atoms with Gasteiger partial charge >= 0.3 is 6.18 Å². The van der Waals surface area contributed by atoms with E-state index in [1.165, 1.54) is 12.1 Å². The number of hydrazine groups is 1. The molecule has 5 N–H and O–H groups in total. The first kappa shape index (κ1) is 18.3. The average molecular weight is 325 g/mol. The van der Waals surface area contributed by atoms with E-state index in [4.69, 9.17) is 0 Å². The molecule has 0 radical (unpaired) electrons. The van der Waals surface area contributed by atoms with Crippen molar-refractivity contribution in [3.8, 4) is 0 Å². The van der Waals surface area contributed by atoms with Crippen LogP contribution in [0.1, 0.15) is 26.3 Å². The monoisotopic (exact) mass is 325 g/mol. The number of carbonyl (C=O) groups excluding carboxylic acids is 2. The van der Waals surface area contributed by atoms with Gasteiger partial charge in [0.25, 0.3) is 11.8 Å². The van der Waals surface area contributed by atoms with Gasteiger partial charge in [-0.1, -0.05) is 42.5 Å². The maximum Gasteiger partial charge on any atom is 0.416 e. The van der Waals surface area contributed by atoms with E-state index in [1.54, 1.807) is 30.3 Å². The molecule has 23 heavy (non-hydrogen) atoms. The normalized spacial score (nSPS) is 12.2. The number of imide groups is 1. The van der Waals surface area contributed by atoms with E-state index in [9.17, 15) is 22.8 Å². The zero-order chi connectivity index (χ0) is 17.5. The molecule has 0 spiro atoms. The Morgan fingerprint density at radius 2 is 1.13 bits per heavy atom. The van der Waals surface area contributed by atoms with Gasteiger partial charge in [0.2, 0.25) is 0 Å². The van der Waals surface area contributed by atoms with Gasteiger partial charge in [0.1, 0.15) is 0 Å². The lowest BCUT2D eigenvalue weighted by molar-refractivity contribution is -0.137. The molecule has 2 aromatic carbocycles. The number of hydrogen-bond donors (Lipinski definition) is 3. The predicted octanol–water partition coefficient (Wildman–Crippen LogP) is 2.09. The van der Waals surface area contributed by atoms with Crippen LogP contribution >= 0.6 is 0 Å². The second kappa shape index (κ2) is 8.06. The van der Waals surface area contributed by atoms with Gasteiger partial charge in [-0.2, -0.15) is 13.2 Å². The molecule has 1 heterocycles. The molecule has 2 aromatic rings. The van der Waals surface area contributed by atoms with Crippen LogP contribution in [0.4, 0.5) is 13.2 Å². The summed E-state index contributed by atoms with van der Waals surface area (Å²) in [6.45, 7) is 0. The van der Waals surface area contributed by atoms with Gasteiger partial charge in [-0.15, -0.1) is 0 Å². The van der Waals surface area contributed by atoms with Crippen LogP contribution in [0.15, 0.2) is 54.6 Å². The van der Waals surface area contributed by atoms with E-state index >= 15 is 0 Å². The molecule has 0 fully saturated rings. The number of carbonyl (C=O) groups is 2. The van der Waals surface area contributed by atoms with Gasteiger partial charge in [0.05, 0.1) is 16.7 Å². The van der Waals surface area contributed by atoms with Crippen molar-refractivity contribution in [3.05, 3.63) is 71.3 Å². The Balaban J connectivity index is 0.000000209. The summed E-state index contributed by atoms with van der Waals surface area (Å²) >= 11 is 0. The first-order valence-corrected chi connectivity index (χ1v) is 6.30. The summed E-state index contributed by atoms with van der Waals surface area (Å²) in [5.74, 6) is 7.40. The number of halogens is 3. The van der Waals surface area contributed by atoms with Crippen LogP contribution in [-0.2, 0) is 6.18 Å². The van der Waals surface area contributed by atoms with Crippen LogP contribution < -0.4 is 17.0 Å². The molecule has 0 aromatic heterocycles. The second-order valence-electron chi connectivity index (χ2n) is 4.19. The Morgan fingerprint density at radius 1 is 0.739 bits per heavy atom. The largest absolute Gasteiger partial charge is 0.416 e. The first-order chi connectivity index (χ1) is 10.9. The van der Waals surface area contributed by atoms with E-state index in [-0.39, 0.29) is 11.8 Å². The third-order valence-electron chi connectivity index (χ3n) is 2.74. The van der Waals surface area contributed by atoms with Crippen LogP contribution in [0.25, 0.3) is 0 Å². The van der Waals surface area contributed by atoms with Crippen molar-refractivity contribution in [1.29, 1.82) is 0 Å². The summed E-state index contributed by atoms with van der Waals surface area (Å²) in [7, 11) is 0. The van der Waals surface area contributed by atoms with Crippen LogP contribution in [-0.4, -0.2) is 11.8 Å². The fourth-order valence-electron chi connectivity index (χ4n) is 1.74. The van der Waals surface area contributed by atoms with Crippen LogP contribution in [0, 0.1) is 0 Å². The molecule has 2 amide bonds. The SMILES string of the molecule is FC(F)(F)c1ccccc1.NN.O=C1NC(=O)c2ccccc21. The van der Waals surface area contributed by atoms with E-state index in [1.807, 2.05) is 0 Å². The van der Waals surface area contributed by atoms with E-state index < -0.39 is 11.7 Å². The highest BCUT2D eigenvalue weighted by Gasteiger charge is 2.29.